The number of aromatic hydroxyl groups is 2. The predicted octanol–water partition coefficient (Wildman–Crippen LogP) is 2.09. The van der Waals surface area contributed by atoms with E-state index in [1.54, 1.807) is 19.9 Å². The van der Waals surface area contributed by atoms with Crippen molar-refractivity contribution < 1.29 is 15.3 Å². The van der Waals surface area contributed by atoms with Gasteiger partial charge in [-0.1, -0.05) is 0 Å². The van der Waals surface area contributed by atoms with Gasteiger partial charge in [0.05, 0.1) is 10.1 Å². The van der Waals surface area contributed by atoms with Gasteiger partial charge in [-0.2, -0.15) is 0 Å². The molecule has 0 aliphatic rings. The molecule has 0 bridgehead atoms. The highest BCUT2D eigenvalue weighted by atomic mass is 79.9. The smallest absolute Gasteiger partial charge is 0.171 e. The van der Waals surface area contributed by atoms with Crippen LogP contribution in [-0.2, 0) is 5.60 Å². The molecule has 1 aromatic carbocycles. The Hall–Kier alpha value is -0.740. The van der Waals surface area contributed by atoms with E-state index >= 15 is 0 Å². The van der Waals surface area contributed by atoms with Crippen LogP contribution < -0.4 is 0 Å². The Bertz CT molecular complexity index is 305. The normalized spacial score (nSPS) is 11.7. The van der Waals surface area contributed by atoms with Gasteiger partial charge in [0.2, 0.25) is 0 Å². The minimum absolute atomic E-state index is 0.215. The minimum atomic E-state index is -1.03. The van der Waals surface area contributed by atoms with Gasteiger partial charge in [0.25, 0.3) is 0 Å². The molecule has 0 aliphatic carbocycles. The Kier molecular flexibility index (Phi) is 2.54. The van der Waals surface area contributed by atoms with Crippen LogP contribution in [0.1, 0.15) is 19.4 Å². The van der Waals surface area contributed by atoms with Crippen LogP contribution >= 0.6 is 15.9 Å². The van der Waals surface area contributed by atoms with E-state index in [2.05, 4.69) is 15.9 Å². The molecule has 0 amide bonds. The molecule has 0 aromatic heterocycles. The molecule has 1 rings (SSSR count). The fourth-order valence-electron chi connectivity index (χ4n) is 0.938. The molecule has 4 heteroatoms. The van der Waals surface area contributed by atoms with Crippen molar-refractivity contribution in [3.8, 4) is 11.5 Å². The average Bonchev–Trinajstić information content (AvgIpc) is 1.97. The first-order valence-electron chi connectivity index (χ1n) is 3.76. The molecule has 0 atom stereocenters. The molecule has 13 heavy (non-hydrogen) atoms. The topological polar surface area (TPSA) is 60.7 Å². The monoisotopic (exact) mass is 246 g/mol. The van der Waals surface area contributed by atoms with Crippen molar-refractivity contribution in [1.82, 2.24) is 0 Å². The predicted molar refractivity (Wildman–Crippen MR) is 52.7 cm³/mol. The summed E-state index contributed by atoms with van der Waals surface area (Å²) in [7, 11) is 0. The lowest BCUT2D eigenvalue weighted by atomic mass is 9.98. The van der Waals surface area contributed by atoms with Gasteiger partial charge >= 0.3 is 0 Å². The number of rotatable bonds is 1. The van der Waals surface area contributed by atoms with Gasteiger partial charge in [0, 0.05) is 0 Å². The molecule has 3 nitrogen and oxygen atoms in total. The van der Waals surface area contributed by atoms with Crippen molar-refractivity contribution >= 4 is 15.9 Å². The second-order valence-corrected chi connectivity index (χ2v) is 4.24. The summed E-state index contributed by atoms with van der Waals surface area (Å²) < 4.78 is 0.365. The molecule has 72 valence electrons. The van der Waals surface area contributed by atoms with Crippen LogP contribution in [-0.4, -0.2) is 15.3 Å². The Labute approximate surface area is 84.8 Å². The number of phenols is 2. The summed E-state index contributed by atoms with van der Waals surface area (Å²) in [6.07, 6.45) is 0. The molecule has 3 N–H and O–H groups in total. The van der Waals surface area contributed by atoms with E-state index in [0.717, 1.165) is 0 Å². The number of aliphatic hydroxyl groups is 1. The number of benzene rings is 1. The molecule has 1 aromatic rings. The summed E-state index contributed by atoms with van der Waals surface area (Å²) in [5, 5.41) is 28.1. The zero-order valence-corrected chi connectivity index (χ0v) is 8.96. The van der Waals surface area contributed by atoms with Crippen molar-refractivity contribution in [2.24, 2.45) is 0 Å². The summed E-state index contributed by atoms with van der Waals surface area (Å²) in [4.78, 5) is 0. The molecule has 0 heterocycles. The Morgan fingerprint density at radius 1 is 1.23 bits per heavy atom. The largest absolute Gasteiger partial charge is 0.504 e. The van der Waals surface area contributed by atoms with Gasteiger partial charge in [0.1, 0.15) is 0 Å². The zero-order chi connectivity index (χ0) is 10.2. The quantitative estimate of drug-likeness (QED) is 0.666. The van der Waals surface area contributed by atoms with Crippen molar-refractivity contribution in [3.63, 3.8) is 0 Å². The SMILES string of the molecule is CC(C)(O)c1cc(O)c(O)c(Br)c1. The maximum Gasteiger partial charge on any atom is 0.171 e. The lowest BCUT2D eigenvalue weighted by molar-refractivity contribution is 0.0782. The highest BCUT2D eigenvalue weighted by Gasteiger charge is 2.19. The Morgan fingerprint density at radius 3 is 2.15 bits per heavy atom. The van der Waals surface area contributed by atoms with Crippen LogP contribution in [0.25, 0.3) is 0 Å². The van der Waals surface area contributed by atoms with Gasteiger partial charge in [-0.05, 0) is 47.5 Å². The fraction of sp³-hybridized carbons (Fsp3) is 0.333. The van der Waals surface area contributed by atoms with Crippen LogP contribution in [0.4, 0.5) is 0 Å². The summed E-state index contributed by atoms with van der Waals surface area (Å²) in [5.41, 5.74) is -0.497. The van der Waals surface area contributed by atoms with Crippen LogP contribution in [0.5, 0.6) is 11.5 Å². The van der Waals surface area contributed by atoms with E-state index in [-0.39, 0.29) is 11.5 Å². The third kappa shape index (κ3) is 2.14. The van der Waals surface area contributed by atoms with Gasteiger partial charge in [0.15, 0.2) is 11.5 Å². The first-order chi connectivity index (χ1) is 5.82. The number of hydrogen-bond acceptors (Lipinski definition) is 3. The van der Waals surface area contributed by atoms with Crippen LogP contribution in [0.15, 0.2) is 16.6 Å². The van der Waals surface area contributed by atoms with Gasteiger partial charge in [-0.3, -0.25) is 0 Å². The van der Waals surface area contributed by atoms with Crippen LogP contribution in [0.2, 0.25) is 0 Å². The maximum atomic E-state index is 9.62. The molecule has 0 spiro atoms. The van der Waals surface area contributed by atoms with E-state index in [4.69, 9.17) is 0 Å². The van der Waals surface area contributed by atoms with Crippen LogP contribution in [0.3, 0.4) is 0 Å². The summed E-state index contributed by atoms with van der Waals surface area (Å²) in [5.74, 6) is -0.459. The van der Waals surface area contributed by atoms with Crippen molar-refractivity contribution in [3.05, 3.63) is 22.2 Å². The first kappa shape index (κ1) is 10.3. The van der Waals surface area contributed by atoms with E-state index in [1.807, 2.05) is 0 Å². The van der Waals surface area contributed by atoms with Crippen molar-refractivity contribution in [1.29, 1.82) is 0 Å². The number of hydrogen-bond donors (Lipinski definition) is 3. The molecular formula is C9H11BrO3. The fourth-order valence-corrected chi connectivity index (χ4v) is 1.39. The van der Waals surface area contributed by atoms with Crippen molar-refractivity contribution in [2.75, 3.05) is 0 Å². The van der Waals surface area contributed by atoms with E-state index < -0.39 is 5.60 Å². The Balaban J connectivity index is 3.29. The molecular weight excluding hydrogens is 236 g/mol. The molecule has 0 saturated heterocycles. The third-order valence-electron chi connectivity index (χ3n) is 1.75. The second-order valence-electron chi connectivity index (χ2n) is 3.38. The zero-order valence-electron chi connectivity index (χ0n) is 7.37. The molecule has 0 aliphatic heterocycles. The average molecular weight is 247 g/mol. The highest BCUT2D eigenvalue weighted by Crippen LogP contribution is 2.37. The van der Waals surface area contributed by atoms with Gasteiger partial charge in [-0.25, -0.2) is 0 Å². The minimum Gasteiger partial charge on any atom is -0.504 e. The number of phenolic OH excluding ortho intramolecular Hbond substituents is 2. The van der Waals surface area contributed by atoms with E-state index in [0.29, 0.717) is 10.0 Å². The summed E-state index contributed by atoms with van der Waals surface area (Å²) in [6, 6.07) is 2.90. The molecule has 0 radical (unpaired) electrons. The van der Waals surface area contributed by atoms with E-state index in [1.165, 1.54) is 6.07 Å². The maximum absolute atomic E-state index is 9.62. The highest BCUT2D eigenvalue weighted by molar-refractivity contribution is 9.10. The molecule has 0 saturated carbocycles. The summed E-state index contributed by atoms with van der Waals surface area (Å²) in [6.45, 7) is 3.20. The summed E-state index contributed by atoms with van der Waals surface area (Å²) >= 11 is 3.07. The standard InChI is InChI=1S/C9H11BrO3/c1-9(2,13)5-3-6(10)8(12)7(11)4-5/h3-4,11-13H,1-2H3. The first-order valence-corrected chi connectivity index (χ1v) is 4.56. The van der Waals surface area contributed by atoms with Crippen LogP contribution in [0, 0.1) is 0 Å². The number of halogens is 1. The second kappa shape index (κ2) is 3.20. The van der Waals surface area contributed by atoms with Gasteiger partial charge < -0.3 is 15.3 Å². The Morgan fingerprint density at radius 2 is 1.77 bits per heavy atom. The lowest BCUT2D eigenvalue weighted by Crippen LogP contribution is -2.15. The van der Waals surface area contributed by atoms with Crippen molar-refractivity contribution in [2.45, 2.75) is 19.4 Å². The molecule has 0 fully saturated rings. The van der Waals surface area contributed by atoms with Gasteiger partial charge in [-0.15, -0.1) is 0 Å². The van der Waals surface area contributed by atoms with E-state index in [9.17, 15) is 15.3 Å². The lowest BCUT2D eigenvalue weighted by Gasteiger charge is -2.18. The third-order valence-corrected chi connectivity index (χ3v) is 2.35. The molecule has 0 unspecified atom stereocenters.